The number of Topliss-reactive ketones (excluding diaryl/α,β-unsaturated/α-hetero) is 1. The molecule has 3 rings (SSSR count). The lowest BCUT2D eigenvalue weighted by atomic mass is 10.1. The molecule has 0 spiro atoms. The number of hydrogen-bond donors (Lipinski definition) is 1. The first-order chi connectivity index (χ1) is 11.3. The smallest absolute Gasteiger partial charge is 0.324 e. The van der Waals surface area contributed by atoms with Gasteiger partial charge in [-0.2, -0.15) is 13.2 Å². The minimum absolute atomic E-state index is 0.00355. The standard InChI is InChI=1S/C16H13ClF3N3O/c17-10-5-9(16(18,19)20)6-11(7-10)22-15-21-8-12-13(23-15)3-1-2-4-14(12)24/h5-8H,1-4H2,(H,21,22,23). The summed E-state index contributed by atoms with van der Waals surface area (Å²) >= 11 is 5.75. The summed E-state index contributed by atoms with van der Waals surface area (Å²) in [4.78, 5) is 20.2. The first-order valence-electron chi connectivity index (χ1n) is 7.37. The number of alkyl halides is 3. The van der Waals surface area contributed by atoms with E-state index in [1.807, 2.05) is 0 Å². The Balaban J connectivity index is 1.91. The molecule has 8 heteroatoms. The Morgan fingerprint density at radius 1 is 1.12 bits per heavy atom. The average molecular weight is 356 g/mol. The zero-order valence-electron chi connectivity index (χ0n) is 12.5. The maximum absolute atomic E-state index is 12.8. The van der Waals surface area contributed by atoms with E-state index in [4.69, 9.17) is 11.6 Å². The number of fused-ring (bicyclic) bond motifs is 1. The van der Waals surface area contributed by atoms with Crippen molar-refractivity contribution in [3.63, 3.8) is 0 Å². The van der Waals surface area contributed by atoms with Gasteiger partial charge < -0.3 is 5.32 Å². The number of nitrogens with one attached hydrogen (secondary N) is 1. The molecule has 1 aromatic carbocycles. The molecular formula is C16H13ClF3N3O. The van der Waals surface area contributed by atoms with E-state index in [1.54, 1.807) is 0 Å². The Bertz CT molecular complexity index is 793. The van der Waals surface area contributed by atoms with Gasteiger partial charge >= 0.3 is 6.18 Å². The molecule has 0 amide bonds. The third kappa shape index (κ3) is 3.67. The van der Waals surface area contributed by atoms with Crippen molar-refractivity contribution in [2.75, 3.05) is 5.32 Å². The van der Waals surface area contributed by atoms with Crippen molar-refractivity contribution < 1.29 is 18.0 Å². The maximum atomic E-state index is 12.8. The molecule has 0 bridgehead atoms. The number of rotatable bonds is 2. The van der Waals surface area contributed by atoms with Crippen LogP contribution in [0, 0.1) is 0 Å². The molecule has 0 fully saturated rings. The van der Waals surface area contributed by atoms with E-state index in [9.17, 15) is 18.0 Å². The molecule has 0 radical (unpaired) electrons. The lowest BCUT2D eigenvalue weighted by Crippen LogP contribution is -2.08. The SMILES string of the molecule is O=C1CCCCc2nc(Nc3cc(Cl)cc(C(F)(F)F)c3)ncc21. The number of ketones is 1. The van der Waals surface area contributed by atoms with Crippen LogP contribution in [-0.2, 0) is 12.6 Å². The number of nitrogens with zero attached hydrogens (tertiary/aromatic N) is 2. The number of carbonyl (C=O) groups excluding carboxylic acids is 1. The molecule has 1 N–H and O–H groups in total. The Hall–Kier alpha value is -2.15. The van der Waals surface area contributed by atoms with Gasteiger partial charge in [0.15, 0.2) is 5.78 Å². The molecule has 126 valence electrons. The fraction of sp³-hybridized carbons (Fsp3) is 0.312. The topological polar surface area (TPSA) is 54.9 Å². The largest absolute Gasteiger partial charge is 0.416 e. The second-order valence-electron chi connectivity index (χ2n) is 5.54. The molecule has 1 aliphatic carbocycles. The number of hydrogen-bond acceptors (Lipinski definition) is 4. The van der Waals surface area contributed by atoms with Crippen molar-refractivity contribution in [1.82, 2.24) is 9.97 Å². The summed E-state index contributed by atoms with van der Waals surface area (Å²) in [6, 6.07) is 3.15. The first-order valence-corrected chi connectivity index (χ1v) is 7.74. The number of benzene rings is 1. The summed E-state index contributed by atoms with van der Waals surface area (Å²) in [7, 11) is 0. The van der Waals surface area contributed by atoms with Crippen LogP contribution in [0.25, 0.3) is 0 Å². The van der Waals surface area contributed by atoms with E-state index >= 15 is 0 Å². The fourth-order valence-electron chi connectivity index (χ4n) is 2.57. The summed E-state index contributed by atoms with van der Waals surface area (Å²) in [6.45, 7) is 0. The third-order valence-electron chi connectivity index (χ3n) is 3.72. The lowest BCUT2D eigenvalue weighted by molar-refractivity contribution is -0.137. The second-order valence-corrected chi connectivity index (χ2v) is 5.97. The van der Waals surface area contributed by atoms with Crippen molar-refractivity contribution in [2.45, 2.75) is 31.9 Å². The van der Waals surface area contributed by atoms with Crippen molar-refractivity contribution >= 4 is 29.0 Å². The van der Waals surface area contributed by atoms with Crippen molar-refractivity contribution in [1.29, 1.82) is 0 Å². The van der Waals surface area contributed by atoms with Crippen LogP contribution in [0.15, 0.2) is 24.4 Å². The van der Waals surface area contributed by atoms with Crippen LogP contribution in [-0.4, -0.2) is 15.8 Å². The van der Waals surface area contributed by atoms with E-state index < -0.39 is 11.7 Å². The third-order valence-corrected chi connectivity index (χ3v) is 3.93. The second kappa shape index (κ2) is 6.39. The minimum atomic E-state index is -4.50. The quantitative estimate of drug-likeness (QED) is 0.786. The average Bonchev–Trinajstić information content (AvgIpc) is 2.67. The lowest BCUT2D eigenvalue weighted by Gasteiger charge is -2.12. The number of aryl methyl sites for hydroxylation is 1. The maximum Gasteiger partial charge on any atom is 0.416 e. The van der Waals surface area contributed by atoms with Crippen LogP contribution in [0.5, 0.6) is 0 Å². The molecule has 0 saturated carbocycles. The van der Waals surface area contributed by atoms with Crippen LogP contribution in [0.4, 0.5) is 24.8 Å². The predicted octanol–water partition coefficient (Wildman–Crippen LogP) is 4.80. The van der Waals surface area contributed by atoms with Crippen LogP contribution < -0.4 is 5.32 Å². The zero-order valence-corrected chi connectivity index (χ0v) is 13.2. The number of carbonyl (C=O) groups is 1. The molecule has 0 atom stereocenters. The van der Waals surface area contributed by atoms with Gasteiger partial charge in [-0.1, -0.05) is 11.6 Å². The molecule has 2 aromatic rings. The van der Waals surface area contributed by atoms with Gasteiger partial charge in [0.05, 0.1) is 16.8 Å². The van der Waals surface area contributed by atoms with Crippen molar-refractivity contribution in [2.24, 2.45) is 0 Å². The van der Waals surface area contributed by atoms with Gasteiger partial charge in [-0.25, -0.2) is 9.97 Å². The summed E-state index contributed by atoms with van der Waals surface area (Å²) in [5.74, 6) is 0.134. The molecule has 4 nitrogen and oxygen atoms in total. The van der Waals surface area contributed by atoms with Gasteiger partial charge in [-0.3, -0.25) is 4.79 Å². The van der Waals surface area contributed by atoms with E-state index in [0.717, 1.165) is 25.0 Å². The number of halogens is 4. The summed E-state index contributed by atoms with van der Waals surface area (Å²) in [5, 5.41) is 2.68. The first kappa shape index (κ1) is 16.7. The predicted molar refractivity (Wildman–Crippen MR) is 83.7 cm³/mol. The zero-order chi connectivity index (χ0) is 17.3. The van der Waals surface area contributed by atoms with E-state index in [1.165, 1.54) is 12.3 Å². The van der Waals surface area contributed by atoms with E-state index in [-0.39, 0.29) is 22.4 Å². The normalized spacial score (nSPS) is 14.9. The molecule has 1 aromatic heterocycles. The highest BCUT2D eigenvalue weighted by Crippen LogP contribution is 2.34. The molecule has 1 heterocycles. The Morgan fingerprint density at radius 2 is 1.88 bits per heavy atom. The molecule has 1 aliphatic rings. The van der Waals surface area contributed by atoms with Gasteiger partial charge in [-0.15, -0.1) is 0 Å². The van der Waals surface area contributed by atoms with Gasteiger partial charge in [0.2, 0.25) is 5.95 Å². The van der Waals surface area contributed by atoms with E-state index in [2.05, 4.69) is 15.3 Å². The highest BCUT2D eigenvalue weighted by atomic mass is 35.5. The summed E-state index contributed by atoms with van der Waals surface area (Å²) < 4.78 is 38.5. The minimum Gasteiger partial charge on any atom is -0.324 e. The molecule has 0 saturated heterocycles. The van der Waals surface area contributed by atoms with Crippen LogP contribution in [0.1, 0.15) is 40.9 Å². The van der Waals surface area contributed by atoms with Crippen LogP contribution in [0.2, 0.25) is 5.02 Å². The van der Waals surface area contributed by atoms with Crippen molar-refractivity contribution in [3.05, 3.63) is 46.2 Å². The van der Waals surface area contributed by atoms with Gasteiger partial charge in [0.1, 0.15) is 0 Å². The highest BCUT2D eigenvalue weighted by Gasteiger charge is 2.31. The number of aromatic nitrogens is 2. The van der Waals surface area contributed by atoms with Gasteiger partial charge in [0, 0.05) is 23.3 Å². The van der Waals surface area contributed by atoms with Crippen LogP contribution >= 0.6 is 11.6 Å². The summed E-state index contributed by atoms with van der Waals surface area (Å²) in [5.41, 5.74) is 0.380. The Labute approximate surface area is 141 Å². The fourth-order valence-corrected chi connectivity index (χ4v) is 2.80. The molecular weight excluding hydrogens is 343 g/mol. The Morgan fingerprint density at radius 3 is 2.62 bits per heavy atom. The van der Waals surface area contributed by atoms with E-state index in [0.29, 0.717) is 24.1 Å². The Kier molecular flexibility index (Phi) is 4.45. The highest BCUT2D eigenvalue weighted by molar-refractivity contribution is 6.31. The van der Waals surface area contributed by atoms with Crippen LogP contribution in [0.3, 0.4) is 0 Å². The molecule has 0 unspecified atom stereocenters. The van der Waals surface area contributed by atoms with Gasteiger partial charge in [-0.05, 0) is 37.5 Å². The molecule has 0 aliphatic heterocycles. The summed E-state index contributed by atoms with van der Waals surface area (Å²) in [6.07, 6.45) is -0.338. The number of anilines is 2. The van der Waals surface area contributed by atoms with Crippen molar-refractivity contribution in [3.8, 4) is 0 Å². The monoisotopic (exact) mass is 355 g/mol. The molecule has 24 heavy (non-hydrogen) atoms. The van der Waals surface area contributed by atoms with Gasteiger partial charge in [0.25, 0.3) is 0 Å².